The van der Waals surface area contributed by atoms with Crippen molar-refractivity contribution in [2.45, 2.75) is 20.3 Å². The minimum Gasteiger partial charge on any atom is -0.481 e. The number of rotatable bonds is 4. The van der Waals surface area contributed by atoms with Gasteiger partial charge in [-0.1, -0.05) is 34.8 Å². The highest BCUT2D eigenvalue weighted by atomic mass is 35.5. The van der Waals surface area contributed by atoms with Crippen molar-refractivity contribution >= 4 is 52.4 Å². The molecular weight excluding hydrogens is 312 g/mol. The molecule has 1 aromatic carbocycles. The van der Waals surface area contributed by atoms with Crippen LogP contribution in [-0.2, 0) is 9.59 Å². The van der Waals surface area contributed by atoms with Crippen LogP contribution in [-0.4, -0.2) is 17.0 Å². The minimum absolute atomic E-state index is 0.182. The number of aliphatic carboxylic acids is 1. The third kappa shape index (κ3) is 4.27. The Kier molecular flexibility index (Phi) is 5.07. The molecule has 0 aliphatic rings. The van der Waals surface area contributed by atoms with Gasteiger partial charge in [-0.25, -0.2) is 0 Å². The van der Waals surface area contributed by atoms with Gasteiger partial charge in [0.2, 0.25) is 5.91 Å². The smallest absolute Gasteiger partial charge is 0.309 e. The summed E-state index contributed by atoms with van der Waals surface area (Å²) >= 11 is 17.5. The van der Waals surface area contributed by atoms with E-state index in [0.29, 0.717) is 5.69 Å². The summed E-state index contributed by atoms with van der Waals surface area (Å²) in [5.41, 5.74) is -0.866. The third-order valence-electron chi connectivity index (χ3n) is 2.47. The van der Waals surface area contributed by atoms with Crippen LogP contribution in [0, 0.1) is 5.41 Å². The van der Waals surface area contributed by atoms with E-state index in [1.165, 1.54) is 26.0 Å². The number of benzene rings is 1. The summed E-state index contributed by atoms with van der Waals surface area (Å²) in [7, 11) is 0. The van der Waals surface area contributed by atoms with Crippen molar-refractivity contribution < 1.29 is 14.7 Å². The fourth-order valence-corrected chi connectivity index (χ4v) is 1.88. The molecule has 0 spiro atoms. The van der Waals surface area contributed by atoms with Gasteiger partial charge < -0.3 is 10.4 Å². The largest absolute Gasteiger partial charge is 0.481 e. The van der Waals surface area contributed by atoms with Gasteiger partial charge in [0.15, 0.2) is 0 Å². The number of anilines is 1. The van der Waals surface area contributed by atoms with Gasteiger partial charge in [-0.2, -0.15) is 0 Å². The first-order valence-electron chi connectivity index (χ1n) is 5.31. The SMILES string of the molecule is CC(C)(CC(=O)Nc1cc(Cl)c(Cl)cc1Cl)C(=O)O. The monoisotopic (exact) mass is 323 g/mol. The maximum absolute atomic E-state index is 11.8. The average Bonchev–Trinajstić information content (AvgIpc) is 2.24. The first-order valence-corrected chi connectivity index (χ1v) is 6.44. The summed E-state index contributed by atoms with van der Waals surface area (Å²) in [6.07, 6.45) is -0.182. The Bertz CT molecular complexity index is 529. The number of hydrogen-bond acceptors (Lipinski definition) is 2. The molecule has 0 radical (unpaired) electrons. The van der Waals surface area contributed by atoms with Crippen LogP contribution in [0.3, 0.4) is 0 Å². The van der Waals surface area contributed by atoms with E-state index in [0.717, 1.165) is 0 Å². The Balaban J connectivity index is 2.84. The first-order chi connectivity index (χ1) is 8.63. The second-order valence-corrected chi connectivity index (χ2v) is 5.88. The number of carbonyl (C=O) groups excluding carboxylic acids is 1. The van der Waals surface area contributed by atoms with E-state index in [2.05, 4.69) is 5.32 Å². The molecule has 0 saturated heterocycles. The predicted molar refractivity (Wildman–Crippen MR) is 76.1 cm³/mol. The van der Waals surface area contributed by atoms with Gasteiger partial charge in [-0.15, -0.1) is 0 Å². The molecule has 0 fully saturated rings. The molecule has 0 aromatic heterocycles. The molecule has 2 N–H and O–H groups in total. The second-order valence-electron chi connectivity index (χ2n) is 4.66. The number of hydrogen-bond donors (Lipinski definition) is 2. The highest BCUT2D eigenvalue weighted by Crippen LogP contribution is 2.32. The fraction of sp³-hybridized carbons (Fsp3) is 0.333. The normalized spacial score (nSPS) is 11.2. The number of nitrogens with one attached hydrogen (secondary N) is 1. The quantitative estimate of drug-likeness (QED) is 0.820. The summed E-state index contributed by atoms with van der Waals surface area (Å²) in [5, 5.41) is 12.2. The zero-order chi connectivity index (χ0) is 14.8. The topological polar surface area (TPSA) is 66.4 Å². The van der Waals surface area contributed by atoms with Crippen LogP contribution in [0.1, 0.15) is 20.3 Å². The van der Waals surface area contributed by atoms with E-state index in [1.54, 1.807) is 0 Å². The van der Waals surface area contributed by atoms with E-state index < -0.39 is 17.3 Å². The van der Waals surface area contributed by atoms with Crippen LogP contribution >= 0.6 is 34.8 Å². The van der Waals surface area contributed by atoms with E-state index >= 15 is 0 Å². The van der Waals surface area contributed by atoms with E-state index in [4.69, 9.17) is 39.9 Å². The minimum atomic E-state index is -1.16. The molecule has 104 valence electrons. The standard InChI is InChI=1S/C12H12Cl3NO3/c1-12(2,11(18)19)5-10(17)16-9-4-7(14)6(13)3-8(9)15/h3-4H,5H2,1-2H3,(H,16,17)(H,18,19). The Morgan fingerprint density at radius 1 is 1.16 bits per heavy atom. The van der Waals surface area contributed by atoms with Crippen LogP contribution in [0.25, 0.3) is 0 Å². The lowest BCUT2D eigenvalue weighted by Gasteiger charge is -2.18. The van der Waals surface area contributed by atoms with E-state index in [1.807, 2.05) is 0 Å². The lowest BCUT2D eigenvalue weighted by Crippen LogP contribution is -2.29. The fourth-order valence-electron chi connectivity index (χ4n) is 1.29. The van der Waals surface area contributed by atoms with Gasteiger partial charge in [0, 0.05) is 6.42 Å². The first kappa shape index (κ1) is 16.1. The van der Waals surface area contributed by atoms with Crippen molar-refractivity contribution in [2.75, 3.05) is 5.32 Å². The lowest BCUT2D eigenvalue weighted by atomic mass is 9.89. The maximum atomic E-state index is 11.8. The van der Waals surface area contributed by atoms with Crippen LogP contribution in [0.15, 0.2) is 12.1 Å². The third-order valence-corrected chi connectivity index (χ3v) is 3.50. The number of halogens is 3. The zero-order valence-corrected chi connectivity index (χ0v) is 12.5. The van der Waals surface area contributed by atoms with Gasteiger partial charge in [0.05, 0.1) is 26.2 Å². The van der Waals surface area contributed by atoms with Gasteiger partial charge in [0.1, 0.15) is 0 Å². The second kappa shape index (κ2) is 5.99. The number of carboxylic acid groups (broad SMARTS) is 1. The van der Waals surface area contributed by atoms with Crippen molar-refractivity contribution in [1.82, 2.24) is 0 Å². The zero-order valence-electron chi connectivity index (χ0n) is 10.3. The number of carboxylic acids is 1. The van der Waals surface area contributed by atoms with Crippen molar-refractivity contribution in [1.29, 1.82) is 0 Å². The lowest BCUT2D eigenvalue weighted by molar-refractivity contribution is -0.148. The summed E-state index contributed by atoms with van der Waals surface area (Å²) in [6, 6.07) is 2.82. The molecule has 0 unspecified atom stereocenters. The van der Waals surface area contributed by atoms with Crippen molar-refractivity contribution in [3.63, 3.8) is 0 Å². The van der Waals surface area contributed by atoms with Crippen LogP contribution < -0.4 is 5.32 Å². The molecular formula is C12H12Cl3NO3. The van der Waals surface area contributed by atoms with E-state index in [-0.39, 0.29) is 21.5 Å². The molecule has 1 aromatic rings. The molecule has 0 saturated carbocycles. The summed E-state index contributed by atoms with van der Waals surface area (Å²) in [5.74, 6) is -1.52. The summed E-state index contributed by atoms with van der Waals surface area (Å²) in [6.45, 7) is 2.93. The molecule has 0 atom stereocenters. The molecule has 0 heterocycles. The van der Waals surface area contributed by atoms with Crippen LogP contribution in [0.2, 0.25) is 15.1 Å². The van der Waals surface area contributed by atoms with Crippen LogP contribution in [0.5, 0.6) is 0 Å². The van der Waals surface area contributed by atoms with Crippen molar-refractivity contribution in [3.05, 3.63) is 27.2 Å². The van der Waals surface area contributed by atoms with Crippen molar-refractivity contribution in [3.8, 4) is 0 Å². The average molecular weight is 325 g/mol. The van der Waals surface area contributed by atoms with Gasteiger partial charge in [-0.3, -0.25) is 9.59 Å². The Hall–Kier alpha value is -0.970. The maximum Gasteiger partial charge on any atom is 0.309 e. The molecule has 1 amide bonds. The molecule has 4 nitrogen and oxygen atoms in total. The Morgan fingerprint density at radius 3 is 2.21 bits per heavy atom. The Morgan fingerprint density at radius 2 is 1.68 bits per heavy atom. The van der Waals surface area contributed by atoms with Gasteiger partial charge >= 0.3 is 5.97 Å². The molecule has 19 heavy (non-hydrogen) atoms. The molecule has 1 rings (SSSR count). The van der Waals surface area contributed by atoms with Gasteiger partial charge in [0.25, 0.3) is 0 Å². The number of carbonyl (C=O) groups is 2. The predicted octanol–water partition coefficient (Wildman–Crippen LogP) is 4.09. The molecule has 0 bridgehead atoms. The van der Waals surface area contributed by atoms with E-state index in [9.17, 15) is 9.59 Å². The molecule has 0 aliphatic heterocycles. The Labute approximate surface area is 125 Å². The summed E-state index contributed by atoms with van der Waals surface area (Å²) in [4.78, 5) is 22.7. The highest BCUT2D eigenvalue weighted by Gasteiger charge is 2.30. The highest BCUT2D eigenvalue weighted by molar-refractivity contribution is 6.44. The molecule has 0 aliphatic carbocycles. The van der Waals surface area contributed by atoms with Crippen molar-refractivity contribution in [2.24, 2.45) is 5.41 Å². The molecule has 7 heteroatoms. The van der Waals surface area contributed by atoms with Crippen LogP contribution in [0.4, 0.5) is 5.69 Å². The van der Waals surface area contributed by atoms with Gasteiger partial charge in [-0.05, 0) is 26.0 Å². The number of amides is 1. The summed E-state index contributed by atoms with van der Waals surface area (Å²) < 4.78 is 0.